The molecule has 0 N–H and O–H groups in total. The Balaban J connectivity index is 1.45. The fourth-order valence-electron chi connectivity index (χ4n) is 3.70. The highest BCUT2D eigenvalue weighted by atomic mass is 16.5. The summed E-state index contributed by atoms with van der Waals surface area (Å²) in [4.78, 5) is 23.5. The molecule has 1 saturated heterocycles. The summed E-state index contributed by atoms with van der Waals surface area (Å²) < 4.78 is 9.61. The first-order valence-corrected chi connectivity index (χ1v) is 9.48. The van der Waals surface area contributed by atoms with Crippen LogP contribution in [0.15, 0.2) is 61.2 Å². The van der Waals surface area contributed by atoms with Crippen LogP contribution in [-0.4, -0.2) is 54.7 Å². The maximum atomic E-state index is 12.8. The van der Waals surface area contributed by atoms with Crippen molar-refractivity contribution in [1.29, 1.82) is 0 Å². The molecule has 1 atom stereocenters. The smallest absolute Gasteiger partial charge is 0.272 e. The second kappa shape index (κ2) is 7.14. The number of carbonyl (C=O) groups is 1. The highest BCUT2D eigenvalue weighted by Crippen LogP contribution is 2.26. The molecule has 146 valence electrons. The van der Waals surface area contributed by atoms with E-state index in [1.54, 1.807) is 41.3 Å². The molecule has 1 fully saturated rings. The first kappa shape index (κ1) is 17.6. The molecule has 0 aromatic carbocycles. The van der Waals surface area contributed by atoms with Gasteiger partial charge in [0.05, 0.1) is 24.5 Å². The van der Waals surface area contributed by atoms with Crippen molar-refractivity contribution < 1.29 is 9.53 Å². The standard InChI is InChI=1S/C21H20N6O2/c1-25-18(7-10-23-25)21(28)26-11-12-29-19(14-26)16-13-27-17(3-2-4-20(27)24-16)15-5-8-22-9-6-15/h2-10,13,19H,11-12,14H2,1H3/t19-/m0/s1. The molecule has 5 rings (SSSR count). The van der Waals surface area contributed by atoms with Crippen LogP contribution >= 0.6 is 0 Å². The van der Waals surface area contributed by atoms with Gasteiger partial charge in [0.1, 0.15) is 17.4 Å². The van der Waals surface area contributed by atoms with E-state index in [4.69, 9.17) is 9.72 Å². The Bertz CT molecular complexity index is 1170. The third kappa shape index (κ3) is 3.17. The van der Waals surface area contributed by atoms with E-state index in [2.05, 4.69) is 14.5 Å². The van der Waals surface area contributed by atoms with Crippen molar-refractivity contribution in [2.45, 2.75) is 6.10 Å². The normalized spacial score (nSPS) is 17.0. The van der Waals surface area contributed by atoms with Crippen molar-refractivity contribution in [3.8, 4) is 11.3 Å². The van der Waals surface area contributed by atoms with Crippen molar-refractivity contribution in [2.75, 3.05) is 19.7 Å². The zero-order valence-electron chi connectivity index (χ0n) is 16.0. The van der Waals surface area contributed by atoms with Crippen molar-refractivity contribution in [3.63, 3.8) is 0 Å². The van der Waals surface area contributed by atoms with Gasteiger partial charge in [-0.1, -0.05) is 6.07 Å². The summed E-state index contributed by atoms with van der Waals surface area (Å²) in [6.45, 7) is 1.48. The van der Waals surface area contributed by atoms with Crippen LogP contribution < -0.4 is 0 Å². The van der Waals surface area contributed by atoms with Crippen LogP contribution in [0.4, 0.5) is 0 Å². The van der Waals surface area contributed by atoms with Gasteiger partial charge in [-0.15, -0.1) is 0 Å². The number of aryl methyl sites for hydroxylation is 1. The van der Waals surface area contributed by atoms with Crippen molar-refractivity contribution in [3.05, 3.63) is 72.6 Å². The SMILES string of the molecule is Cn1nccc1C(=O)N1CCO[C@H](c2cn3c(-c4ccncc4)cccc3n2)C1. The van der Waals surface area contributed by atoms with Gasteiger partial charge in [0.25, 0.3) is 5.91 Å². The number of pyridine rings is 2. The number of rotatable bonds is 3. The summed E-state index contributed by atoms with van der Waals surface area (Å²) in [5.74, 6) is -0.0421. The van der Waals surface area contributed by atoms with E-state index in [0.717, 1.165) is 22.6 Å². The Morgan fingerprint density at radius 2 is 2.00 bits per heavy atom. The van der Waals surface area contributed by atoms with E-state index in [1.807, 2.05) is 36.5 Å². The summed E-state index contributed by atoms with van der Waals surface area (Å²) in [5.41, 5.74) is 4.32. The quantitative estimate of drug-likeness (QED) is 0.538. The van der Waals surface area contributed by atoms with Gasteiger partial charge in [-0.05, 0) is 30.3 Å². The number of hydrogen-bond acceptors (Lipinski definition) is 5. The van der Waals surface area contributed by atoms with Gasteiger partial charge in [0.15, 0.2) is 0 Å². The molecular formula is C21H20N6O2. The Labute approximate surface area is 167 Å². The summed E-state index contributed by atoms with van der Waals surface area (Å²) in [6.07, 6.45) is 6.91. The van der Waals surface area contributed by atoms with E-state index >= 15 is 0 Å². The molecule has 0 unspecified atom stereocenters. The van der Waals surface area contributed by atoms with Gasteiger partial charge >= 0.3 is 0 Å². The lowest BCUT2D eigenvalue weighted by Crippen LogP contribution is -2.43. The van der Waals surface area contributed by atoms with E-state index in [9.17, 15) is 4.79 Å². The first-order chi connectivity index (χ1) is 14.2. The number of hydrogen-bond donors (Lipinski definition) is 0. The number of fused-ring (bicyclic) bond motifs is 1. The molecule has 1 amide bonds. The van der Waals surface area contributed by atoms with Gasteiger partial charge in [-0.2, -0.15) is 5.10 Å². The van der Waals surface area contributed by atoms with E-state index in [0.29, 0.717) is 25.4 Å². The minimum Gasteiger partial charge on any atom is -0.368 e. The van der Waals surface area contributed by atoms with Crippen LogP contribution in [0.3, 0.4) is 0 Å². The van der Waals surface area contributed by atoms with Gasteiger partial charge in [-0.3, -0.25) is 18.9 Å². The van der Waals surface area contributed by atoms with E-state index in [1.165, 1.54) is 0 Å². The van der Waals surface area contributed by atoms with Crippen LogP contribution in [0, 0.1) is 0 Å². The van der Waals surface area contributed by atoms with Crippen molar-refractivity contribution in [2.24, 2.45) is 7.05 Å². The minimum absolute atomic E-state index is 0.0421. The summed E-state index contributed by atoms with van der Waals surface area (Å²) in [6, 6.07) is 11.7. The van der Waals surface area contributed by atoms with Gasteiger partial charge in [0.2, 0.25) is 0 Å². The second-order valence-corrected chi connectivity index (χ2v) is 6.99. The van der Waals surface area contributed by atoms with Crippen molar-refractivity contribution >= 4 is 11.6 Å². The summed E-state index contributed by atoms with van der Waals surface area (Å²) in [7, 11) is 1.77. The van der Waals surface area contributed by atoms with Crippen LogP contribution in [0.25, 0.3) is 16.9 Å². The monoisotopic (exact) mass is 388 g/mol. The molecule has 0 radical (unpaired) electrons. The third-order valence-electron chi connectivity index (χ3n) is 5.21. The molecule has 8 heteroatoms. The molecular weight excluding hydrogens is 368 g/mol. The molecule has 1 aliphatic heterocycles. The number of morpholine rings is 1. The fraction of sp³-hybridized carbons (Fsp3) is 0.238. The van der Waals surface area contributed by atoms with Crippen LogP contribution in [-0.2, 0) is 11.8 Å². The van der Waals surface area contributed by atoms with Crippen molar-refractivity contribution in [1.82, 2.24) is 29.0 Å². The number of ether oxygens (including phenoxy) is 1. The molecule has 29 heavy (non-hydrogen) atoms. The Hall–Kier alpha value is -3.52. The average molecular weight is 388 g/mol. The highest BCUT2D eigenvalue weighted by molar-refractivity contribution is 5.92. The highest BCUT2D eigenvalue weighted by Gasteiger charge is 2.29. The van der Waals surface area contributed by atoms with Gasteiger partial charge < -0.3 is 9.64 Å². The number of amides is 1. The number of imidazole rings is 1. The maximum Gasteiger partial charge on any atom is 0.272 e. The largest absolute Gasteiger partial charge is 0.368 e. The molecule has 0 spiro atoms. The second-order valence-electron chi connectivity index (χ2n) is 6.99. The predicted octanol–water partition coefficient (Wildman–Crippen LogP) is 2.34. The number of carbonyl (C=O) groups excluding carboxylic acids is 1. The summed E-state index contributed by atoms with van der Waals surface area (Å²) >= 11 is 0. The molecule has 0 aliphatic carbocycles. The fourth-order valence-corrected chi connectivity index (χ4v) is 3.70. The van der Waals surface area contributed by atoms with Gasteiger partial charge in [-0.25, -0.2) is 4.98 Å². The zero-order valence-corrected chi connectivity index (χ0v) is 16.0. The number of aromatic nitrogens is 5. The molecule has 1 aliphatic rings. The van der Waals surface area contributed by atoms with Crippen LogP contribution in [0.5, 0.6) is 0 Å². The lowest BCUT2D eigenvalue weighted by molar-refractivity contribution is -0.0248. The lowest BCUT2D eigenvalue weighted by atomic mass is 10.2. The first-order valence-electron chi connectivity index (χ1n) is 9.48. The maximum absolute atomic E-state index is 12.8. The van der Waals surface area contributed by atoms with E-state index < -0.39 is 0 Å². The Morgan fingerprint density at radius 3 is 2.79 bits per heavy atom. The van der Waals surface area contributed by atoms with Gasteiger partial charge in [0, 0.05) is 43.9 Å². The Morgan fingerprint density at radius 1 is 1.14 bits per heavy atom. The molecule has 4 aromatic heterocycles. The van der Waals surface area contributed by atoms with Crippen LogP contribution in [0.2, 0.25) is 0 Å². The molecule has 0 bridgehead atoms. The lowest BCUT2D eigenvalue weighted by Gasteiger charge is -2.32. The topological polar surface area (TPSA) is 77.5 Å². The zero-order chi connectivity index (χ0) is 19.8. The van der Waals surface area contributed by atoms with Crippen LogP contribution in [0.1, 0.15) is 22.3 Å². The minimum atomic E-state index is -0.272. The molecule has 0 saturated carbocycles. The number of nitrogens with zero attached hydrogens (tertiary/aromatic N) is 6. The Kier molecular flexibility index (Phi) is 4.33. The molecule has 5 heterocycles. The predicted molar refractivity (Wildman–Crippen MR) is 106 cm³/mol. The molecule has 8 nitrogen and oxygen atoms in total. The van der Waals surface area contributed by atoms with E-state index in [-0.39, 0.29) is 12.0 Å². The third-order valence-corrected chi connectivity index (χ3v) is 5.21. The summed E-state index contributed by atoms with van der Waals surface area (Å²) in [5, 5.41) is 4.09. The average Bonchev–Trinajstić information content (AvgIpc) is 3.40. The molecule has 4 aromatic rings.